The van der Waals surface area contributed by atoms with Gasteiger partial charge in [0.2, 0.25) is 5.91 Å². The van der Waals surface area contributed by atoms with Gasteiger partial charge in [0.1, 0.15) is 23.3 Å². The number of fused-ring (bicyclic) bond motifs is 1. The molecule has 9 nitrogen and oxygen atoms in total. The fourth-order valence-electron chi connectivity index (χ4n) is 5.66. The lowest BCUT2D eigenvalue weighted by Gasteiger charge is -2.28. The summed E-state index contributed by atoms with van der Waals surface area (Å²) >= 11 is 0. The molecule has 2 aromatic heterocycles. The van der Waals surface area contributed by atoms with Gasteiger partial charge in [0, 0.05) is 18.1 Å². The van der Waals surface area contributed by atoms with Crippen LogP contribution in [0.25, 0.3) is 33.2 Å². The first-order valence-corrected chi connectivity index (χ1v) is 14.3. The molecule has 0 spiro atoms. The molecule has 9 heteroatoms. The number of hydrogen-bond donors (Lipinski definition) is 3. The maximum Gasteiger partial charge on any atom is 0.410 e. The number of amides is 2. The summed E-state index contributed by atoms with van der Waals surface area (Å²) in [6, 6.07) is 16.2. The van der Waals surface area contributed by atoms with Crippen LogP contribution in [0.4, 0.5) is 10.6 Å². The van der Waals surface area contributed by atoms with Gasteiger partial charge in [-0.3, -0.25) is 9.69 Å². The second-order valence-corrected chi connectivity index (χ2v) is 11.8. The number of aromatic amines is 1. The van der Waals surface area contributed by atoms with Crippen molar-refractivity contribution in [2.75, 3.05) is 18.4 Å². The summed E-state index contributed by atoms with van der Waals surface area (Å²) in [6.07, 6.45) is 6.77. The van der Waals surface area contributed by atoms with Gasteiger partial charge in [0.15, 0.2) is 0 Å². The number of imidazole rings is 1. The fourth-order valence-corrected chi connectivity index (χ4v) is 5.66. The van der Waals surface area contributed by atoms with Crippen LogP contribution in [0.15, 0.2) is 60.9 Å². The lowest BCUT2D eigenvalue weighted by Crippen LogP contribution is -2.45. The monoisotopic (exact) mass is 552 g/mol. The van der Waals surface area contributed by atoms with Crippen molar-refractivity contribution in [1.29, 1.82) is 0 Å². The van der Waals surface area contributed by atoms with Gasteiger partial charge < -0.3 is 20.4 Å². The van der Waals surface area contributed by atoms with Crippen molar-refractivity contribution in [3.63, 3.8) is 0 Å². The van der Waals surface area contributed by atoms with E-state index in [4.69, 9.17) is 4.74 Å². The largest absolute Gasteiger partial charge is 0.444 e. The standard InChI is InChI=1S/C32H36N6O3/c1-32(2,3)41-31(40)38-17-5-7-27(38)30(39)37-28-24-13-12-22(18-23(24)14-16-34-28)20-8-10-21(11-9-20)26-19-35-29(36-26)25-6-4-15-33-25/h8-14,16,18-19,25,27,33H,4-7,15,17H2,1-3H3,(H,35,36)(H,34,37,39)/t25-,27-/m0/s1. The molecule has 4 heterocycles. The SMILES string of the molecule is CC(C)(C)OC(=O)N1CCC[C@H]1C(=O)Nc1nccc2cc(-c3ccc(-c4cnc([C@@H]5CCCN5)[nH]4)cc3)ccc12. The van der Waals surface area contributed by atoms with E-state index in [9.17, 15) is 9.59 Å². The molecule has 4 aromatic rings. The third-order valence-electron chi connectivity index (χ3n) is 7.70. The Morgan fingerprint density at radius 2 is 1.76 bits per heavy atom. The Labute approximate surface area is 239 Å². The Bertz CT molecular complexity index is 1570. The number of nitrogens with one attached hydrogen (secondary N) is 3. The molecule has 0 bridgehead atoms. The van der Waals surface area contributed by atoms with Crippen molar-refractivity contribution >= 4 is 28.6 Å². The van der Waals surface area contributed by atoms with Crippen molar-refractivity contribution in [3.8, 4) is 22.4 Å². The number of likely N-dealkylation sites (tertiary alicyclic amines) is 1. The highest BCUT2D eigenvalue weighted by atomic mass is 16.6. The van der Waals surface area contributed by atoms with Crippen LogP contribution in [0, 0.1) is 0 Å². The number of nitrogens with zero attached hydrogens (tertiary/aromatic N) is 3. The predicted octanol–water partition coefficient (Wildman–Crippen LogP) is 6.05. The fraction of sp³-hybridized carbons (Fsp3) is 0.375. The van der Waals surface area contributed by atoms with Crippen LogP contribution in [0.1, 0.15) is 58.3 Å². The zero-order chi connectivity index (χ0) is 28.6. The lowest BCUT2D eigenvalue weighted by atomic mass is 10.00. The molecule has 0 radical (unpaired) electrons. The molecular weight excluding hydrogens is 516 g/mol. The summed E-state index contributed by atoms with van der Waals surface area (Å²) in [5.74, 6) is 1.23. The normalized spacial score (nSPS) is 19.0. The zero-order valence-electron chi connectivity index (χ0n) is 23.7. The summed E-state index contributed by atoms with van der Waals surface area (Å²) in [5, 5.41) is 8.26. The summed E-state index contributed by atoms with van der Waals surface area (Å²) in [4.78, 5) is 39.9. The number of H-pyrrole nitrogens is 1. The summed E-state index contributed by atoms with van der Waals surface area (Å²) in [6.45, 7) is 7.00. The Kier molecular flexibility index (Phi) is 7.21. The van der Waals surface area contributed by atoms with E-state index in [-0.39, 0.29) is 5.91 Å². The van der Waals surface area contributed by atoms with Gasteiger partial charge in [-0.1, -0.05) is 36.4 Å². The predicted molar refractivity (Wildman–Crippen MR) is 159 cm³/mol. The average Bonchev–Trinajstić information content (AvgIpc) is 3.74. The number of pyridine rings is 1. The minimum absolute atomic E-state index is 0.251. The number of ether oxygens (including phenoxy) is 1. The van der Waals surface area contributed by atoms with Crippen LogP contribution < -0.4 is 10.6 Å². The van der Waals surface area contributed by atoms with E-state index >= 15 is 0 Å². The topological polar surface area (TPSA) is 112 Å². The second kappa shape index (κ2) is 11.0. The van der Waals surface area contributed by atoms with Crippen molar-refractivity contribution < 1.29 is 14.3 Å². The first-order chi connectivity index (χ1) is 19.7. The number of carbonyl (C=O) groups is 2. The van der Waals surface area contributed by atoms with Crippen LogP contribution in [-0.2, 0) is 9.53 Å². The van der Waals surface area contributed by atoms with Crippen molar-refractivity contribution in [2.45, 2.75) is 64.1 Å². The number of aromatic nitrogens is 3. The van der Waals surface area contributed by atoms with Crippen LogP contribution in [0.2, 0.25) is 0 Å². The molecule has 0 unspecified atom stereocenters. The van der Waals surface area contributed by atoms with Crippen molar-refractivity contribution in [1.82, 2.24) is 25.2 Å². The van der Waals surface area contributed by atoms with E-state index < -0.39 is 17.7 Å². The first kappa shape index (κ1) is 27.0. The maximum atomic E-state index is 13.2. The molecule has 2 aliphatic rings. The maximum absolute atomic E-state index is 13.2. The molecule has 0 aliphatic carbocycles. The highest BCUT2D eigenvalue weighted by molar-refractivity contribution is 6.04. The molecule has 6 rings (SSSR count). The molecule has 2 amide bonds. The van der Waals surface area contributed by atoms with Gasteiger partial charge >= 0.3 is 6.09 Å². The third-order valence-corrected chi connectivity index (χ3v) is 7.70. The third kappa shape index (κ3) is 5.81. The molecule has 212 valence electrons. The number of anilines is 1. The van der Waals surface area contributed by atoms with Crippen molar-refractivity contribution in [3.05, 3.63) is 66.7 Å². The molecule has 41 heavy (non-hydrogen) atoms. The van der Waals surface area contributed by atoms with Crippen LogP contribution >= 0.6 is 0 Å². The number of hydrogen-bond acceptors (Lipinski definition) is 6. The molecule has 2 saturated heterocycles. The lowest BCUT2D eigenvalue weighted by molar-refractivity contribution is -0.120. The number of rotatable bonds is 5. The minimum Gasteiger partial charge on any atom is -0.444 e. The van der Waals surface area contributed by atoms with Gasteiger partial charge in [0.25, 0.3) is 0 Å². The number of carbonyl (C=O) groups excluding carboxylic acids is 2. The Morgan fingerprint density at radius 1 is 0.976 bits per heavy atom. The second-order valence-electron chi connectivity index (χ2n) is 11.8. The van der Waals surface area contributed by atoms with Gasteiger partial charge in [0.05, 0.1) is 17.9 Å². The number of benzene rings is 2. The van der Waals surface area contributed by atoms with Gasteiger partial charge in [-0.2, -0.15) is 0 Å². The highest BCUT2D eigenvalue weighted by Crippen LogP contribution is 2.31. The smallest absolute Gasteiger partial charge is 0.410 e. The van der Waals surface area contributed by atoms with Gasteiger partial charge in [-0.25, -0.2) is 14.8 Å². The minimum atomic E-state index is -0.620. The molecule has 0 saturated carbocycles. The Balaban J connectivity index is 1.17. The van der Waals surface area contributed by atoms with E-state index in [1.54, 1.807) is 6.20 Å². The average molecular weight is 553 g/mol. The molecule has 2 atom stereocenters. The van der Waals surface area contributed by atoms with Crippen LogP contribution in [0.3, 0.4) is 0 Å². The molecule has 2 fully saturated rings. The van der Waals surface area contributed by atoms with Crippen LogP contribution in [0.5, 0.6) is 0 Å². The highest BCUT2D eigenvalue weighted by Gasteiger charge is 2.37. The van der Waals surface area contributed by atoms with Gasteiger partial charge in [-0.05, 0) is 87.2 Å². The first-order valence-electron chi connectivity index (χ1n) is 14.3. The van der Waals surface area contributed by atoms with Gasteiger partial charge in [-0.15, -0.1) is 0 Å². The molecular formula is C32H36N6O3. The summed E-state index contributed by atoms with van der Waals surface area (Å²) < 4.78 is 5.52. The quantitative estimate of drug-likeness (QED) is 0.278. The molecule has 2 aliphatic heterocycles. The summed E-state index contributed by atoms with van der Waals surface area (Å²) in [7, 11) is 0. The van der Waals surface area contributed by atoms with E-state index in [1.807, 2.05) is 45.2 Å². The van der Waals surface area contributed by atoms with Crippen LogP contribution in [-0.4, -0.2) is 56.6 Å². The van der Waals surface area contributed by atoms with E-state index in [0.717, 1.165) is 58.4 Å². The molecule has 2 aromatic carbocycles. The van der Waals surface area contributed by atoms with E-state index in [2.05, 4.69) is 55.9 Å². The Morgan fingerprint density at radius 3 is 2.51 bits per heavy atom. The summed E-state index contributed by atoms with van der Waals surface area (Å²) in [5.41, 5.74) is 3.64. The zero-order valence-corrected chi connectivity index (χ0v) is 23.7. The molecule has 3 N–H and O–H groups in total. The van der Waals surface area contributed by atoms with Crippen molar-refractivity contribution in [2.24, 2.45) is 0 Å². The van der Waals surface area contributed by atoms with E-state index in [1.165, 1.54) is 11.3 Å². The Hall–Kier alpha value is -4.24. The van der Waals surface area contributed by atoms with E-state index in [0.29, 0.717) is 24.8 Å².